The largest absolute Gasteiger partial charge is 0.435 e. The highest BCUT2D eigenvalue weighted by atomic mass is 32.1. The third-order valence-corrected chi connectivity index (χ3v) is 6.01. The van der Waals surface area contributed by atoms with Gasteiger partial charge in [-0.15, -0.1) is 11.3 Å². The number of hydrogen-bond acceptors (Lipinski definition) is 6. The molecule has 8 nitrogen and oxygen atoms in total. The standard InChI is InChI=1S/C22H16F3N7OS/c23-22(24,25)19-7-17(31-32-19)21-29-18(10-34-21)20(33)28-16-6-15-13(9-27-30-15)5-14(16)12-3-1-2-11(4-12)8-26/h1-7,9-10H,8,26H2,(H,27,30)(H,28,33)(H,31,32). The number of nitrogens with zero attached hydrogens (tertiary/aromatic N) is 3. The van der Waals surface area contributed by atoms with Gasteiger partial charge in [0.05, 0.1) is 23.1 Å². The molecule has 1 amide bonds. The Bertz CT molecular complexity index is 1500. The average Bonchev–Trinajstić information content (AvgIpc) is 3.58. The maximum Gasteiger partial charge on any atom is 0.435 e. The summed E-state index contributed by atoms with van der Waals surface area (Å²) in [5, 5.41) is 17.9. The lowest BCUT2D eigenvalue weighted by molar-refractivity contribution is -0.141. The van der Waals surface area contributed by atoms with E-state index >= 15 is 0 Å². The lowest BCUT2D eigenvalue weighted by Crippen LogP contribution is -2.13. The number of nitrogens with one attached hydrogen (secondary N) is 3. The number of nitrogens with two attached hydrogens (primary N) is 1. The first-order chi connectivity index (χ1) is 16.3. The molecule has 0 aliphatic rings. The second kappa shape index (κ2) is 8.39. The fraction of sp³-hybridized carbons (Fsp3) is 0.0909. The van der Waals surface area contributed by atoms with Gasteiger partial charge in [-0.1, -0.05) is 18.2 Å². The van der Waals surface area contributed by atoms with Crippen LogP contribution in [-0.4, -0.2) is 31.3 Å². The summed E-state index contributed by atoms with van der Waals surface area (Å²) in [6.07, 6.45) is -2.89. The molecule has 0 fully saturated rings. The molecule has 3 aromatic heterocycles. The predicted octanol–water partition coefficient (Wildman–Crippen LogP) is 4.81. The van der Waals surface area contributed by atoms with Crippen LogP contribution in [0, 0.1) is 0 Å². The summed E-state index contributed by atoms with van der Waals surface area (Å²) in [5.41, 5.74) is 8.67. The van der Waals surface area contributed by atoms with Gasteiger partial charge in [-0.05, 0) is 35.4 Å². The summed E-state index contributed by atoms with van der Waals surface area (Å²) in [5.74, 6) is -0.506. The number of H-pyrrole nitrogens is 2. The lowest BCUT2D eigenvalue weighted by Gasteiger charge is -2.12. The number of halogens is 3. The number of thiazole rings is 1. The molecule has 0 aliphatic carbocycles. The number of carbonyl (C=O) groups is 1. The van der Waals surface area contributed by atoms with Crippen molar-refractivity contribution in [1.82, 2.24) is 25.4 Å². The SMILES string of the molecule is NCc1cccc(-c2cc3cn[nH]c3cc2NC(=O)c2csc(-c3cc(C(F)(F)F)n[nH]3)n2)c1. The Morgan fingerprint density at radius 1 is 1.15 bits per heavy atom. The van der Waals surface area contributed by atoms with Gasteiger partial charge in [-0.3, -0.25) is 15.0 Å². The molecule has 0 spiro atoms. The van der Waals surface area contributed by atoms with Gasteiger partial charge in [0.2, 0.25) is 0 Å². The lowest BCUT2D eigenvalue weighted by atomic mass is 9.99. The Morgan fingerprint density at radius 2 is 2.00 bits per heavy atom. The number of rotatable bonds is 5. The molecule has 12 heteroatoms. The number of hydrogen-bond donors (Lipinski definition) is 4. The van der Waals surface area contributed by atoms with Crippen molar-refractivity contribution in [3.05, 3.63) is 71.0 Å². The highest BCUT2D eigenvalue weighted by Gasteiger charge is 2.34. The van der Waals surface area contributed by atoms with Crippen LogP contribution in [0.1, 0.15) is 21.7 Å². The molecule has 0 radical (unpaired) electrons. The quantitative estimate of drug-likeness (QED) is 0.286. The zero-order chi connectivity index (χ0) is 23.9. The molecular weight excluding hydrogens is 467 g/mol. The zero-order valence-electron chi connectivity index (χ0n) is 17.3. The summed E-state index contributed by atoms with van der Waals surface area (Å²) < 4.78 is 38.5. The van der Waals surface area contributed by atoms with Gasteiger partial charge in [0.1, 0.15) is 10.7 Å². The van der Waals surface area contributed by atoms with Crippen LogP contribution in [0.2, 0.25) is 0 Å². The molecule has 0 unspecified atom stereocenters. The fourth-order valence-electron chi connectivity index (χ4n) is 3.46. The maximum absolute atomic E-state index is 13.0. The fourth-order valence-corrected chi connectivity index (χ4v) is 4.23. The Balaban J connectivity index is 1.46. The van der Waals surface area contributed by atoms with Crippen LogP contribution >= 0.6 is 11.3 Å². The van der Waals surface area contributed by atoms with Crippen molar-refractivity contribution in [3.63, 3.8) is 0 Å². The molecule has 5 rings (SSSR count). The molecule has 2 aromatic carbocycles. The minimum Gasteiger partial charge on any atom is -0.326 e. The molecule has 3 heterocycles. The van der Waals surface area contributed by atoms with Gasteiger partial charge in [-0.2, -0.15) is 23.4 Å². The number of fused-ring (bicyclic) bond motifs is 1. The van der Waals surface area contributed by atoms with E-state index in [2.05, 4.69) is 30.7 Å². The molecule has 0 aliphatic heterocycles. The number of anilines is 1. The van der Waals surface area contributed by atoms with Crippen molar-refractivity contribution in [3.8, 4) is 21.8 Å². The van der Waals surface area contributed by atoms with Crippen LogP contribution in [0.5, 0.6) is 0 Å². The number of aromatic nitrogens is 5. The van der Waals surface area contributed by atoms with Crippen LogP contribution in [0.25, 0.3) is 32.7 Å². The Kier molecular flexibility index (Phi) is 5.38. The zero-order valence-corrected chi connectivity index (χ0v) is 18.1. The average molecular weight is 483 g/mol. The molecule has 5 aromatic rings. The second-order valence-corrected chi connectivity index (χ2v) is 8.27. The van der Waals surface area contributed by atoms with Crippen LogP contribution < -0.4 is 11.1 Å². The van der Waals surface area contributed by atoms with Crippen molar-refractivity contribution in [2.24, 2.45) is 5.73 Å². The highest BCUT2D eigenvalue weighted by Crippen LogP contribution is 2.34. The van der Waals surface area contributed by atoms with E-state index in [0.717, 1.165) is 45.0 Å². The number of aromatic amines is 2. The molecular formula is C22H16F3N7OS. The summed E-state index contributed by atoms with van der Waals surface area (Å²) >= 11 is 1.03. The van der Waals surface area contributed by atoms with Gasteiger partial charge < -0.3 is 11.1 Å². The number of benzene rings is 2. The molecule has 172 valence electrons. The van der Waals surface area contributed by atoms with E-state index in [1.165, 1.54) is 5.38 Å². The first kappa shape index (κ1) is 21.8. The number of alkyl halides is 3. The second-order valence-electron chi connectivity index (χ2n) is 7.42. The topological polar surface area (TPSA) is 125 Å². The Labute approximate surface area is 194 Å². The normalized spacial score (nSPS) is 11.8. The Hall–Kier alpha value is -4.03. The van der Waals surface area contributed by atoms with E-state index in [9.17, 15) is 18.0 Å². The smallest absolute Gasteiger partial charge is 0.326 e. The van der Waals surface area contributed by atoms with E-state index in [4.69, 9.17) is 5.73 Å². The van der Waals surface area contributed by atoms with E-state index in [0.29, 0.717) is 12.2 Å². The van der Waals surface area contributed by atoms with Crippen LogP contribution in [-0.2, 0) is 12.7 Å². The van der Waals surface area contributed by atoms with Gasteiger partial charge in [0.25, 0.3) is 5.91 Å². The van der Waals surface area contributed by atoms with Crippen LogP contribution in [0.15, 0.2) is 54.0 Å². The molecule has 0 saturated carbocycles. The third-order valence-electron chi connectivity index (χ3n) is 5.14. The number of amides is 1. The molecule has 0 atom stereocenters. The van der Waals surface area contributed by atoms with E-state index in [-0.39, 0.29) is 16.4 Å². The molecule has 0 bridgehead atoms. The van der Waals surface area contributed by atoms with Crippen LogP contribution in [0.4, 0.5) is 18.9 Å². The molecule has 5 N–H and O–H groups in total. The van der Waals surface area contributed by atoms with E-state index in [1.807, 2.05) is 30.3 Å². The minimum atomic E-state index is -4.57. The maximum atomic E-state index is 13.0. The number of carbonyl (C=O) groups excluding carboxylic acids is 1. The van der Waals surface area contributed by atoms with Crippen LogP contribution in [0.3, 0.4) is 0 Å². The molecule has 0 saturated heterocycles. The van der Waals surface area contributed by atoms with E-state index in [1.54, 1.807) is 12.3 Å². The van der Waals surface area contributed by atoms with Crippen molar-refractivity contribution in [2.75, 3.05) is 5.32 Å². The summed E-state index contributed by atoms with van der Waals surface area (Å²) in [6.45, 7) is 0.370. The van der Waals surface area contributed by atoms with Gasteiger partial charge >= 0.3 is 6.18 Å². The highest BCUT2D eigenvalue weighted by molar-refractivity contribution is 7.13. The van der Waals surface area contributed by atoms with Gasteiger partial charge in [0, 0.05) is 22.9 Å². The van der Waals surface area contributed by atoms with E-state index < -0.39 is 17.8 Å². The first-order valence-electron chi connectivity index (χ1n) is 9.98. The van der Waals surface area contributed by atoms with Crippen molar-refractivity contribution < 1.29 is 18.0 Å². The van der Waals surface area contributed by atoms with Gasteiger partial charge in [-0.25, -0.2) is 4.98 Å². The molecule has 34 heavy (non-hydrogen) atoms. The van der Waals surface area contributed by atoms with Crippen molar-refractivity contribution in [1.29, 1.82) is 0 Å². The summed E-state index contributed by atoms with van der Waals surface area (Å²) in [7, 11) is 0. The minimum absolute atomic E-state index is 0.0644. The Morgan fingerprint density at radius 3 is 2.76 bits per heavy atom. The predicted molar refractivity (Wildman–Crippen MR) is 122 cm³/mol. The van der Waals surface area contributed by atoms with Gasteiger partial charge in [0.15, 0.2) is 5.69 Å². The van der Waals surface area contributed by atoms with Crippen molar-refractivity contribution >= 4 is 33.8 Å². The van der Waals surface area contributed by atoms with Crippen molar-refractivity contribution in [2.45, 2.75) is 12.7 Å². The third kappa shape index (κ3) is 4.16. The summed E-state index contributed by atoms with van der Waals surface area (Å²) in [6, 6.07) is 12.2. The summed E-state index contributed by atoms with van der Waals surface area (Å²) in [4.78, 5) is 17.2. The monoisotopic (exact) mass is 483 g/mol. The first-order valence-corrected chi connectivity index (χ1v) is 10.9.